The maximum atomic E-state index is 12.8. The Labute approximate surface area is 157 Å². The molecule has 3 aromatic rings. The van der Waals surface area contributed by atoms with Gasteiger partial charge in [-0.3, -0.25) is 4.79 Å². The van der Waals surface area contributed by atoms with Crippen LogP contribution in [0.3, 0.4) is 0 Å². The fraction of sp³-hybridized carbons (Fsp3) is 0.200. The molecule has 2 heterocycles. The van der Waals surface area contributed by atoms with E-state index < -0.39 is 9.84 Å². The molecule has 138 valence electrons. The number of hydrogen-bond acceptors (Lipinski definition) is 4. The van der Waals surface area contributed by atoms with Crippen molar-refractivity contribution >= 4 is 21.6 Å². The van der Waals surface area contributed by atoms with E-state index in [9.17, 15) is 13.2 Å². The van der Waals surface area contributed by atoms with Gasteiger partial charge < -0.3 is 5.32 Å². The number of nitrogens with one attached hydrogen (secondary N) is 1. The van der Waals surface area contributed by atoms with Crippen molar-refractivity contribution in [3.05, 3.63) is 76.5 Å². The van der Waals surface area contributed by atoms with Crippen LogP contribution < -0.4 is 5.32 Å². The van der Waals surface area contributed by atoms with E-state index in [0.717, 1.165) is 16.8 Å². The summed E-state index contributed by atoms with van der Waals surface area (Å²) in [6.45, 7) is 3.90. The molecule has 1 amide bonds. The van der Waals surface area contributed by atoms with E-state index in [4.69, 9.17) is 0 Å². The van der Waals surface area contributed by atoms with Gasteiger partial charge in [0.05, 0.1) is 22.9 Å². The Morgan fingerprint density at radius 1 is 1.04 bits per heavy atom. The quantitative estimate of drug-likeness (QED) is 0.756. The van der Waals surface area contributed by atoms with Gasteiger partial charge in [-0.15, -0.1) is 0 Å². The predicted octanol–water partition coefficient (Wildman–Crippen LogP) is 3.17. The number of nitrogens with zero attached hydrogens (tertiary/aromatic N) is 2. The molecule has 6 nitrogen and oxygen atoms in total. The molecule has 1 aliphatic heterocycles. The summed E-state index contributed by atoms with van der Waals surface area (Å²) in [6.07, 6.45) is 0. The first kappa shape index (κ1) is 17.5. The highest BCUT2D eigenvalue weighted by molar-refractivity contribution is 7.90. The minimum absolute atomic E-state index is 0.103. The number of sulfone groups is 1. The number of carbonyl (C=O) groups excluding carboxylic acids is 1. The number of fused-ring (bicyclic) bond motifs is 1. The molecule has 0 saturated carbocycles. The van der Waals surface area contributed by atoms with Gasteiger partial charge in [-0.1, -0.05) is 35.4 Å². The van der Waals surface area contributed by atoms with Crippen LogP contribution in [-0.2, 0) is 21.3 Å². The highest BCUT2D eigenvalue weighted by Crippen LogP contribution is 2.33. The van der Waals surface area contributed by atoms with Crippen molar-refractivity contribution in [2.24, 2.45) is 0 Å². The molecular weight excluding hydrogens is 362 g/mol. The number of anilines is 1. The molecule has 0 spiro atoms. The Bertz CT molecular complexity index is 1150. The summed E-state index contributed by atoms with van der Waals surface area (Å²) in [6, 6.07) is 14.9. The van der Waals surface area contributed by atoms with Gasteiger partial charge in [-0.2, -0.15) is 5.10 Å². The third kappa shape index (κ3) is 3.38. The Morgan fingerprint density at radius 3 is 2.48 bits per heavy atom. The van der Waals surface area contributed by atoms with Crippen LogP contribution in [-0.4, -0.2) is 24.1 Å². The second kappa shape index (κ2) is 6.35. The lowest BCUT2D eigenvalue weighted by Gasteiger charge is -2.11. The molecule has 0 fully saturated rings. The van der Waals surface area contributed by atoms with Gasteiger partial charge in [0.1, 0.15) is 5.82 Å². The Morgan fingerprint density at radius 2 is 1.78 bits per heavy atom. The van der Waals surface area contributed by atoms with E-state index >= 15 is 0 Å². The zero-order valence-electron chi connectivity index (χ0n) is 15.1. The fourth-order valence-electron chi connectivity index (χ4n) is 3.21. The lowest BCUT2D eigenvalue weighted by molar-refractivity contribution is 0.102. The summed E-state index contributed by atoms with van der Waals surface area (Å²) in [5, 5.41) is 7.36. The number of hydrogen-bond donors (Lipinski definition) is 1. The highest BCUT2D eigenvalue weighted by atomic mass is 32.2. The van der Waals surface area contributed by atoms with Crippen LogP contribution in [0.15, 0.2) is 48.5 Å². The summed E-state index contributed by atoms with van der Waals surface area (Å²) in [5.74, 6) is -0.0907. The molecule has 0 bridgehead atoms. The van der Waals surface area contributed by atoms with Crippen molar-refractivity contribution in [1.29, 1.82) is 0 Å². The molecule has 27 heavy (non-hydrogen) atoms. The zero-order chi connectivity index (χ0) is 19.2. The van der Waals surface area contributed by atoms with Crippen LogP contribution in [0.4, 0.5) is 5.82 Å². The first-order chi connectivity index (χ1) is 12.8. The smallest absolute Gasteiger partial charge is 0.256 e. The van der Waals surface area contributed by atoms with Crippen LogP contribution in [0.25, 0.3) is 5.69 Å². The van der Waals surface area contributed by atoms with Gasteiger partial charge in [0.15, 0.2) is 9.84 Å². The monoisotopic (exact) mass is 381 g/mol. The van der Waals surface area contributed by atoms with E-state index in [1.54, 1.807) is 16.8 Å². The lowest BCUT2D eigenvalue weighted by Crippen LogP contribution is -2.17. The Kier molecular flexibility index (Phi) is 4.11. The number of amides is 1. The highest BCUT2D eigenvalue weighted by Gasteiger charge is 2.33. The van der Waals surface area contributed by atoms with Gasteiger partial charge in [0.25, 0.3) is 5.91 Å². The van der Waals surface area contributed by atoms with E-state index in [0.29, 0.717) is 22.6 Å². The van der Waals surface area contributed by atoms with Gasteiger partial charge in [-0.25, -0.2) is 13.1 Å². The third-order valence-corrected chi connectivity index (χ3v) is 6.02. The van der Waals surface area contributed by atoms with Crippen LogP contribution in [0.1, 0.15) is 32.7 Å². The number of aromatic nitrogens is 2. The van der Waals surface area contributed by atoms with E-state index in [1.165, 1.54) is 0 Å². The normalized spacial score (nSPS) is 14.7. The van der Waals surface area contributed by atoms with Gasteiger partial charge in [-0.05, 0) is 38.1 Å². The number of benzene rings is 2. The van der Waals surface area contributed by atoms with Crippen molar-refractivity contribution in [2.75, 3.05) is 5.32 Å². The minimum Gasteiger partial charge on any atom is -0.306 e. The van der Waals surface area contributed by atoms with Crippen LogP contribution in [0.5, 0.6) is 0 Å². The molecule has 1 aromatic heterocycles. The molecule has 0 unspecified atom stereocenters. The van der Waals surface area contributed by atoms with Crippen molar-refractivity contribution in [2.45, 2.75) is 25.4 Å². The maximum Gasteiger partial charge on any atom is 0.256 e. The standard InChI is InChI=1S/C20H19N3O3S/c1-13-6-8-16(9-7-13)23-19(17-11-27(25,26)12-18(17)22-23)21-20(24)15-5-3-4-14(2)10-15/h3-10H,11-12H2,1-2H3,(H,21,24). The van der Waals surface area contributed by atoms with Crippen molar-refractivity contribution in [3.8, 4) is 5.69 Å². The minimum atomic E-state index is -3.22. The van der Waals surface area contributed by atoms with Crippen LogP contribution in [0, 0.1) is 13.8 Å². The molecule has 0 saturated heterocycles. The summed E-state index contributed by atoms with van der Waals surface area (Å²) < 4.78 is 25.7. The summed E-state index contributed by atoms with van der Waals surface area (Å²) in [4.78, 5) is 12.8. The van der Waals surface area contributed by atoms with Gasteiger partial charge in [0, 0.05) is 11.1 Å². The lowest BCUT2D eigenvalue weighted by atomic mass is 10.1. The van der Waals surface area contributed by atoms with E-state index in [-0.39, 0.29) is 17.4 Å². The molecule has 0 radical (unpaired) electrons. The number of rotatable bonds is 3. The molecular formula is C20H19N3O3S. The van der Waals surface area contributed by atoms with Crippen molar-refractivity contribution in [1.82, 2.24) is 9.78 Å². The molecule has 4 rings (SSSR count). The first-order valence-electron chi connectivity index (χ1n) is 8.59. The summed E-state index contributed by atoms with van der Waals surface area (Å²) in [7, 11) is -3.22. The Hall–Kier alpha value is -2.93. The molecule has 0 atom stereocenters. The SMILES string of the molecule is Cc1ccc(-n2nc3c(c2NC(=O)c2cccc(C)c2)CS(=O)(=O)C3)cc1. The van der Waals surface area contributed by atoms with Gasteiger partial charge >= 0.3 is 0 Å². The largest absolute Gasteiger partial charge is 0.306 e. The third-order valence-electron chi connectivity index (χ3n) is 4.58. The van der Waals surface area contributed by atoms with Crippen molar-refractivity contribution in [3.63, 3.8) is 0 Å². The summed E-state index contributed by atoms with van der Waals surface area (Å²) >= 11 is 0. The summed E-state index contributed by atoms with van der Waals surface area (Å²) in [5.41, 5.74) is 4.42. The fourth-order valence-corrected chi connectivity index (χ4v) is 4.70. The predicted molar refractivity (Wildman–Crippen MR) is 104 cm³/mol. The topological polar surface area (TPSA) is 81.1 Å². The zero-order valence-corrected chi connectivity index (χ0v) is 15.9. The average molecular weight is 381 g/mol. The van der Waals surface area contributed by atoms with Crippen LogP contribution >= 0.6 is 0 Å². The van der Waals surface area contributed by atoms with E-state index in [2.05, 4.69) is 10.4 Å². The molecule has 1 aliphatic rings. The van der Waals surface area contributed by atoms with Gasteiger partial charge in [0.2, 0.25) is 0 Å². The average Bonchev–Trinajstić information content (AvgIpc) is 3.08. The molecule has 2 aromatic carbocycles. The molecule has 7 heteroatoms. The second-order valence-corrected chi connectivity index (χ2v) is 8.94. The number of aryl methyl sites for hydroxylation is 2. The number of carbonyl (C=O) groups is 1. The van der Waals surface area contributed by atoms with Crippen molar-refractivity contribution < 1.29 is 13.2 Å². The van der Waals surface area contributed by atoms with Crippen LogP contribution in [0.2, 0.25) is 0 Å². The maximum absolute atomic E-state index is 12.8. The second-order valence-electron chi connectivity index (χ2n) is 6.88. The molecule has 1 N–H and O–H groups in total. The van der Waals surface area contributed by atoms with E-state index in [1.807, 2.05) is 50.2 Å². The Balaban J connectivity index is 1.78. The first-order valence-corrected chi connectivity index (χ1v) is 10.4. The molecule has 0 aliphatic carbocycles.